The molecule has 6 heteroatoms. The van der Waals surface area contributed by atoms with Crippen LogP contribution in [0, 0.1) is 13.8 Å². The Balaban J connectivity index is 2.40. The Labute approximate surface area is 126 Å². The summed E-state index contributed by atoms with van der Waals surface area (Å²) in [6.45, 7) is 9.38. The molecule has 0 atom stereocenters. The minimum absolute atomic E-state index is 0.374. The van der Waals surface area contributed by atoms with E-state index in [1.807, 2.05) is 40.0 Å². The predicted molar refractivity (Wildman–Crippen MR) is 84.5 cm³/mol. The fourth-order valence-corrected chi connectivity index (χ4v) is 3.46. The number of hydrogen-bond acceptors (Lipinski definition) is 6. The fourth-order valence-electron chi connectivity index (χ4n) is 1.71. The number of anilines is 1. The number of ether oxygens (including phenoxy) is 1. The van der Waals surface area contributed by atoms with Crippen LogP contribution >= 0.6 is 22.7 Å². The first-order valence-electron chi connectivity index (χ1n) is 6.24. The smallest absolute Gasteiger partial charge is 0.351 e. The Bertz CT molecular complexity index is 651. The second-order valence-corrected chi connectivity index (χ2v) is 7.64. The van der Waals surface area contributed by atoms with E-state index in [0.717, 1.165) is 21.1 Å². The summed E-state index contributed by atoms with van der Waals surface area (Å²) in [4.78, 5) is 18.0. The van der Waals surface area contributed by atoms with Gasteiger partial charge in [-0.1, -0.05) is 0 Å². The van der Waals surface area contributed by atoms with E-state index < -0.39 is 5.60 Å². The number of rotatable bonds is 2. The van der Waals surface area contributed by atoms with Crippen LogP contribution in [-0.2, 0) is 4.74 Å². The molecule has 0 spiro atoms. The zero-order valence-corrected chi connectivity index (χ0v) is 13.9. The van der Waals surface area contributed by atoms with Gasteiger partial charge in [-0.3, -0.25) is 0 Å². The number of aryl methyl sites for hydroxylation is 1. The van der Waals surface area contributed by atoms with E-state index in [2.05, 4.69) is 4.98 Å². The first-order valence-corrected chi connectivity index (χ1v) is 7.93. The molecule has 2 N–H and O–H groups in total. The van der Waals surface area contributed by atoms with Crippen LogP contribution in [0.4, 0.5) is 5.69 Å². The molecule has 0 aliphatic carbocycles. The minimum Gasteiger partial charge on any atom is -0.456 e. The molecule has 0 amide bonds. The number of aromatic nitrogens is 1. The van der Waals surface area contributed by atoms with Crippen LogP contribution < -0.4 is 5.73 Å². The van der Waals surface area contributed by atoms with Crippen molar-refractivity contribution in [2.24, 2.45) is 0 Å². The zero-order chi connectivity index (χ0) is 15.1. The van der Waals surface area contributed by atoms with Crippen molar-refractivity contribution < 1.29 is 9.53 Å². The molecule has 20 heavy (non-hydrogen) atoms. The first-order chi connectivity index (χ1) is 9.19. The van der Waals surface area contributed by atoms with Gasteiger partial charge in [-0.2, -0.15) is 0 Å². The van der Waals surface area contributed by atoms with Crippen LogP contribution in [0.3, 0.4) is 0 Å². The highest BCUT2D eigenvalue weighted by Crippen LogP contribution is 2.39. The molecule has 2 heterocycles. The van der Waals surface area contributed by atoms with Gasteiger partial charge in [0.25, 0.3) is 0 Å². The lowest BCUT2D eigenvalue weighted by atomic mass is 10.2. The molecule has 0 bridgehead atoms. The number of nitrogens with two attached hydrogens (primary N) is 1. The van der Waals surface area contributed by atoms with Crippen LogP contribution in [0.2, 0.25) is 0 Å². The Hall–Kier alpha value is -1.40. The van der Waals surface area contributed by atoms with Crippen molar-refractivity contribution in [3.63, 3.8) is 0 Å². The van der Waals surface area contributed by atoms with E-state index in [0.29, 0.717) is 10.6 Å². The van der Waals surface area contributed by atoms with Crippen molar-refractivity contribution in [3.05, 3.63) is 20.8 Å². The maximum absolute atomic E-state index is 12.2. The SMILES string of the molecule is Cc1nc(-c2sc(C(=O)OC(C)(C)C)c(N)c2C)cs1. The Kier molecular flexibility index (Phi) is 3.88. The van der Waals surface area contributed by atoms with Gasteiger partial charge in [-0.15, -0.1) is 22.7 Å². The maximum Gasteiger partial charge on any atom is 0.351 e. The van der Waals surface area contributed by atoms with Gasteiger partial charge in [0, 0.05) is 5.38 Å². The monoisotopic (exact) mass is 310 g/mol. The van der Waals surface area contributed by atoms with Crippen LogP contribution in [0.5, 0.6) is 0 Å². The fraction of sp³-hybridized carbons (Fsp3) is 0.429. The average molecular weight is 310 g/mol. The quantitative estimate of drug-likeness (QED) is 0.851. The lowest BCUT2D eigenvalue weighted by Crippen LogP contribution is -2.23. The summed E-state index contributed by atoms with van der Waals surface area (Å²) in [6.07, 6.45) is 0. The summed E-state index contributed by atoms with van der Waals surface area (Å²) >= 11 is 2.93. The van der Waals surface area contributed by atoms with Crippen molar-refractivity contribution in [3.8, 4) is 10.6 Å². The van der Waals surface area contributed by atoms with E-state index in [1.54, 1.807) is 11.3 Å². The van der Waals surface area contributed by atoms with Crippen molar-refractivity contribution >= 4 is 34.3 Å². The molecule has 0 aliphatic heterocycles. The number of nitrogen functional groups attached to an aromatic ring is 1. The Morgan fingerprint density at radius 1 is 1.35 bits per heavy atom. The van der Waals surface area contributed by atoms with Gasteiger partial charge in [-0.05, 0) is 40.2 Å². The van der Waals surface area contributed by atoms with E-state index in [4.69, 9.17) is 10.5 Å². The summed E-state index contributed by atoms with van der Waals surface area (Å²) in [5.74, 6) is -0.374. The minimum atomic E-state index is -0.529. The topological polar surface area (TPSA) is 65.2 Å². The maximum atomic E-state index is 12.2. The number of hydrogen-bond donors (Lipinski definition) is 1. The number of carbonyl (C=O) groups is 1. The lowest BCUT2D eigenvalue weighted by Gasteiger charge is -2.19. The van der Waals surface area contributed by atoms with Gasteiger partial charge in [0.15, 0.2) is 0 Å². The average Bonchev–Trinajstić information content (AvgIpc) is 2.83. The number of nitrogens with zero attached hydrogens (tertiary/aromatic N) is 1. The molecule has 0 radical (unpaired) electrons. The van der Waals surface area contributed by atoms with Crippen LogP contribution in [-0.4, -0.2) is 16.6 Å². The largest absolute Gasteiger partial charge is 0.456 e. The third kappa shape index (κ3) is 3.02. The van der Waals surface area contributed by atoms with E-state index in [1.165, 1.54) is 11.3 Å². The predicted octanol–water partition coefficient (Wildman–Crippen LogP) is 4.03. The van der Waals surface area contributed by atoms with Crippen LogP contribution in [0.1, 0.15) is 41.0 Å². The molecule has 0 fully saturated rings. The summed E-state index contributed by atoms with van der Waals surface area (Å²) in [5.41, 5.74) is 7.78. The summed E-state index contributed by atoms with van der Waals surface area (Å²) in [6, 6.07) is 0. The molecular formula is C14H18N2O2S2. The number of esters is 1. The highest BCUT2D eigenvalue weighted by atomic mass is 32.1. The van der Waals surface area contributed by atoms with Crippen LogP contribution in [0.25, 0.3) is 10.6 Å². The van der Waals surface area contributed by atoms with Gasteiger partial charge in [-0.25, -0.2) is 9.78 Å². The normalized spacial score (nSPS) is 11.7. The van der Waals surface area contributed by atoms with Gasteiger partial charge >= 0.3 is 5.97 Å². The molecule has 0 saturated heterocycles. The number of thiophene rings is 1. The molecule has 0 saturated carbocycles. The summed E-state index contributed by atoms with van der Waals surface area (Å²) in [5, 5.41) is 2.97. The molecule has 2 aromatic rings. The van der Waals surface area contributed by atoms with Crippen LogP contribution in [0.15, 0.2) is 5.38 Å². The molecule has 0 aliphatic rings. The first kappa shape index (κ1) is 15.0. The van der Waals surface area contributed by atoms with Gasteiger partial charge in [0.1, 0.15) is 10.5 Å². The van der Waals surface area contributed by atoms with Gasteiger partial charge in [0.05, 0.1) is 21.3 Å². The second kappa shape index (κ2) is 5.18. The molecule has 4 nitrogen and oxygen atoms in total. The molecule has 108 valence electrons. The third-order valence-electron chi connectivity index (χ3n) is 2.63. The second-order valence-electron chi connectivity index (χ2n) is 5.55. The third-order valence-corrected chi connectivity index (χ3v) is 4.71. The zero-order valence-electron chi connectivity index (χ0n) is 12.2. The molecule has 2 rings (SSSR count). The van der Waals surface area contributed by atoms with E-state index >= 15 is 0 Å². The van der Waals surface area contributed by atoms with Crippen molar-refractivity contribution in [2.75, 3.05) is 5.73 Å². The summed E-state index contributed by atoms with van der Waals surface area (Å²) < 4.78 is 5.39. The molecule has 0 unspecified atom stereocenters. The van der Waals surface area contributed by atoms with Crippen molar-refractivity contribution in [1.29, 1.82) is 0 Å². The molecule has 2 aromatic heterocycles. The standard InChI is InChI=1S/C14H18N2O2S2/c1-7-10(15)12(13(17)18-14(3,4)5)20-11(7)9-6-19-8(2)16-9/h6H,15H2,1-5H3. The van der Waals surface area contributed by atoms with Crippen molar-refractivity contribution in [1.82, 2.24) is 4.98 Å². The Morgan fingerprint density at radius 2 is 2.00 bits per heavy atom. The Morgan fingerprint density at radius 3 is 2.50 bits per heavy atom. The van der Waals surface area contributed by atoms with E-state index in [-0.39, 0.29) is 5.97 Å². The molecular weight excluding hydrogens is 292 g/mol. The molecule has 0 aromatic carbocycles. The lowest BCUT2D eigenvalue weighted by molar-refractivity contribution is 0.00763. The summed E-state index contributed by atoms with van der Waals surface area (Å²) in [7, 11) is 0. The van der Waals surface area contributed by atoms with Crippen molar-refractivity contribution in [2.45, 2.75) is 40.2 Å². The highest BCUT2D eigenvalue weighted by Gasteiger charge is 2.25. The van der Waals surface area contributed by atoms with E-state index in [9.17, 15) is 4.79 Å². The highest BCUT2D eigenvalue weighted by molar-refractivity contribution is 7.18. The number of thiazole rings is 1. The number of carbonyl (C=O) groups excluding carboxylic acids is 1. The van der Waals surface area contributed by atoms with Gasteiger partial charge in [0.2, 0.25) is 0 Å². The van der Waals surface area contributed by atoms with Gasteiger partial charge < -0.3 is 10.5 Å².